The second-order valence-electron chi connectivity index (χ2n) is 10.8. The summed E-state index contributed by atoms with van der Waals surface area (Å²) in [5, 5.41) is 1.33. The van der Waals surface area contributed by atoms with Crippen LogP contribution in [0.2, 0.25) is 5.02 Å². The molecule has 0 aliphatic carbocycles. The number of anilines is 1. The number of sulfonamides is 1. The molecule has 12 heteroatoms. The fraction of sp³-hybridized carbons (Fsp3) is 0.300. The smallest absolute Gasteiger partial charge is 0.340 e. The van der Waals surface area contributed by atoms with Crippen molar-refractivity contribution in [3.63, 3.8) is 0 Å². The van der Waals surface area contributed by atoms with Gasteiger partial charge in [-0.05, 0) is 75.6 Å². The van der Waals surface area contributed by atoms with Crippen molar-refractivity contribution in [3.8, 4) is 0 Å². The summed E-state index contributed by atoms with van der Waals surface area (Å²) in [6.07, 6.45) is 0.713. The summed E-state index contributed by atoms with van der Waals surface area (Å²) in [6.45, 7) is 6.77. The number of nitrogens with one attached hydrogen (secondary N) is 2. The number of hydrogen-bond donors (Lipinski definition) is 2. The summed E-state index contributed by atoms with van der Waals surface area (Å²) in [6, 6.07) is 16.1. The molecule has 0 fully saturated rings. The third-order valence-electron chi connectivity index (χ3n) is 6.48. The molecular weight excluding hydrogens is 582 g/mol. The van der Waals surface area contributed by atoms with Gasteiger partial charge >= 0.3 is 11.9 Å². The number of benzene rings is 3. The van der Waals surface area contributed by atoms with Crippen LogP contribution in [-0.4, -0.2) is 45.0 Å². The Bertz CT molecular complexity index is 1630. The molecule has 0 radical (unpaired) electrons. The van der Waals surface area contributed by atoms with Crippen LogP contribution in [0.15, 0.2) is 65.6 Å². The SMILES string of the molecule is COC(=O)c1ccc(CNS(=O)(=O)c2cc(C(=O)NN3c4ccccc4C[C@H]3C)cc(C(=O)OC(C)(C)C)c2Cl)cc1. The molecule has 2 N–H and O–H groups in total. The van der Waals surface area contributed by atoms with Gasteiger partial charge in [0.1, 0.15) is 10.5 Å². The normalized spacial score (nSPS) is 14.7. The number of halogens is 1. The van der Waals surface area contributed by atoms with E-state index in [2.05, 4.69) is 14.9 Å². The first kappa shape index (κ1) is 31.0. The molecule has 3 aromatic rings. The Morgan fingerprint density at radius 2 is 1.67 bits per heavy atom. The van der Waals surface area contributed by atoms with Gasteiger partial charge < -0.3 is 9.47 Å². The molecule has 0 saturated carbocycles. The molecule has 1 amide bonds. The van der Waals surface area contributed by atoms with Crippen LogP contribution in [0.3, 0.4) is 0 Å². The van der Waals surface area contributed by atoms with E-state index >= 15 is 0 Å². The Hall–Kier alpha value is -3.93. The molecule has 42 heavy (non-hydrogen) atoms. The lowest BCUT2D eigenvalue weighted by Crippen LogP contribution is -2.45. The highest BCUT2D eigenvalue weighted by Gasteiger charge is 2.31. The first-order chi connectivity index (χ1) is 19.7. The van der Waals surface area contributed by atoms with E-state index in [4.69, 9.17) is 16.3 Å². The predicted molar refractivity (Wildman–Crippen MR) is 158 cm³/mol. The highest BCUT2D eigenvalue weighted by molar-refractivity contribution is 7.89. The second-order valence-corrected chi connectivity index (χ2v) is 13.0. The molecule has 0 unspecified atom stereocenters. The van der Waals surface area contributed by atoms with Crippen molar-refractivity contribution < 1.29 is 32.3 Å². The minimum Gasteiger partial charge on any atom is -0.465 e. The lowest BCUT2D eigenvalue weighted by atomic mass is 10.1. The van der Waals surface area contributed by atoms with Crippen molar-refractivity contribution >= 4 is 45.2 Å². The van der Waals surface area contributed by atoms with E-state index in [-0.39, 0.29) is 28.7 Å². The maximum atomic E-state index is 13.5. The molecule has 3 aromatic carbocycles. The van der Waals surface area contributed by atoms with Crippen molar-refractivity contribution in [1.82, 2.24) is 10.1 Å². The maximum Gasteiger partial charge on any atom is 0.340 e. The van der Waals surface area contributed by atoms with Gasteiger partial charge in [0.15, 0.2) is 0 Å². The molecule has 1 heterocycles. The van der Waals surface area contributed by atoms with Gasteiger partial charge in [-0.25, -0.2) is 22.7 Å². The van der Waals surface area contributed by atoms with Gasteiger partial charge in [0.05, 0.1) is 35.0 Å². The van der Waals surface area contributed by atoms with Gasteiger partial charge in [0.25, 0.3) is 5.91 Å². The van der Waals surface area contributed by atoms with Crippen LogP contribution in [0.1, 0.15) is 69.9 Å². The standard InChI is InChI=1S/C30H32ClN3O7S/c1-18-14-21-8-6-7-9-24(21)34(18)33-27(35)22-15-23(29(37)41-30(2,3)4)26(31)25(16-22)42(38,39)32-17-19-10-12-20(13-11-19)28(36)40-5/h6-13,15-16,18,32H,14,17H2,1-5H3,(H,33,35)/t18-/m1/s1. The number of methoxy groups -OCH3 is 1. The van der Waals surface area contributed by atoms with Crippen LogP contribution in [0.25, 0.3) is 0 Å². The number of esters is 2. The summed E-state index contributed by atoms with van der Waals surface area (Å²) < 4.78 is 39.5. The summed E-state index contributed by atoms with van der Waals surface area (Å²) >= 11 is 6.49. The molecule has 0 saturated heterocycles. The van der Waals surface area contributed by atoms with Gasteiger partial charge in [-0.1, -0.05) is 41.9 Å². The van der Waals surface area contributed by atoms with Gasteiger partial charge in [0.2, 0.25) is 10.0 Å². The molecule has 0 bridgehead atoms. The molecule has 0 aromatic heterocycles. The zero-order chi connectivity index (χ0) is 30.8. The fourth-order valence-corrected chi connectivity index (χ4v) is 6.08. The largest absolute Gasteiger partial charge is 0.465 e. The Kier molecular flexibility index (Phi) is 8.95. The quantitative estimate of drug-likeness (QED) is 0.351. The number of rotatable bonds is 8. The summed E-state index contributed by atoms with van der Waals surface area (Å²) in [4.78, 5) is 37.8. The second kappa shape index (κ2) is 12.1. The number of hydrogen-bond acceptors (Lipinski definition) is 8. The van der Waals surface area contributed by atoms with E-state index in [0.29, 0.717) is 17.5 Å². The number of carbonyl (C=O) groups is 3. The van der Waals surface area contributed by atoms with E-state index < -0.39 is 38.4 Å². The van der Waals surface area contributed by atoms with Gasteiger partial charge in [-0.3, -0.25) is 15.2 Å². The minimum atomic E-state index is -4.34. The van der Waals surface area contributed by atoms with Crippen molar-refractivity contribution in [1.29, 1.82) is 0 Å². The van der Waals surface area contributed by atoms with Crippen molar-refractivity contribution in [3.05, 3.63) is 93.5 Å². The first-order valence-corrected chi connectivity index (χ1v) is 15.0. The minimum absolute atomic E-state index is 0.0561. The molecule has 1 aliphatic rings. The van der Waals surface area contributed by atoms with Gasteiger partial charge in [-0.2, -0.15) is 0 Å². The van der Waals surface area contributed by atoms with Crippen LogP contribution < -0.4 is 15.2 Å². The fourth-order valence-electron chi connectivity index (χ4n) is 4.45. The topological polar surface area (TPSA) is 131 Å². The number of nitrogens with zero attached hydrogens (tertiary/aromatic N) is 1. The van der Waals surface area contributed by atoms with Crippen LogP contribution >= 0.6 is 11.6 Å². The summed E-state index contributed by atoms with van der Waals surface area (Å²) in [7, 11) is -3.08. The lowest BCUT2D eigenvalue weighted by molar-refractivity contribution is 0.00692. The molecule has 222 valence electrons. The van der Waals surface area contributed by atoms with E-state index in [1.54, 1.807) is 37.9 Å². The highest BCUT2D eigenvalue weighted by atomic mass is 35.5. The zero-order valence-electron chi connectivity index (χ0n) is 23.9. The average molecular weight is 614 g/mol. The third kappa shape index (κ3) is 6.92. The van der Waals surface area contributed by atoms with Gasteiger partial charge in [0, 0.05) is 12.1 Å². The number of ether oxygens (including phenoxy) is 2. The third-order valence-corrected chi connectivity index (χ3v) is 8.42. The summed E-state index contributed by atoms with van der Waals surface area (Å²) in [5.74, 6) is -2.03. The molecule has 1 atom stereocenters. The Balaban J connectivity index is 1.67. The number of carbonyl (C=O) groups excluding carboxylic acids is 3. The molecule has 10 nitrogen and oxygen atoms in total. The number of amides is 1. The van der Waals surface area contributed by atoms with Crippen LogP contribution in [0, 0.1) is 0 Å². The van der Waals surface area contributed by atoms with Crippen LogP contribution in [-0.2, 0) is 32.5 Å². The van der Waals surface area contributed by atoms with E-state index in [1.807, 2.05) is 31.2 Å². The monoisotopic (exact) mass is 613 g/mol. The number of hydrazine groups is 1. The van der Waals surface area contributed by atoms with Crippen molar-refractivity contribution in [2.75, 3.05) is 12.1 Å². The number of fused-ring (bicyclic) bond motifs is 1. The van der Waals surface area contributed by atoms with Gasteiger partial charge in [-0.15, -0.1) is 0 Å². The van der Waals surface area contributed by atoms with Crippen molar-refractivity contribution in [2.45, 2.75) is 57.2 Å². The lowest BCUT2D eigenvalue weighted by Gasteiger charge is -2.26. The number of para-hydroxylation sites is 1. The first-order valence-electron chi connectivity index (χ1n) is 13.1. The Morgan fingerprint density at radius 3 is 2.31 bits per heavy atom. The average Bonchev–Trinajstić information content (AvgIpc) is 3.25. The predicted octanol–water partition coefficient (Wildman–Crippen LogP) is 4.66. The summed E-state index contributed by atoms with van der Waals surface area (Å²) in [5.41, 5.74) is 4.31. The van der Waals surface area contributed by atoms with Crippen LogP contribution in [0.4, 0.5) is 5.69 Å². The molecular formula is C30H32ClN3O7S. The Morgan fingerprint density at radius 1 is 1.00 bits per heavy atom. The highest BCUT2D eigenvalue weighted by Crippen LogP contribution is 2.32. The molecule has 4 rings (SSSR count). The van der Waals surface area contributed by atoms with E-state index in [1.165, 1.54) is 25.3 Å². The molecule has 0 spiro atoms. The maximum absolute atomic E-state index is 13.5. The van der Waals surface area contributed by atoms with Crippen LogP contribution in [0.5, 0.6) is 0 Å². The Labute approximate surface area is 250 Å². The van der Waals surface area contributed by atoms with E-state index in [9.17, 15) is 22.8 Å². The van der Waals surface area contributed by atoms with E-state index in [0.717, 1.165) is 17.3 Å². The molecule has 1 aliphatic heterocycles. The van der Waals surface area contributed by atoms with Crippen molar-refractivity contribution in [2.24, 2.45) is 0 Å². The zero-order valence-corrected chi connectivity index (χ0v) is 25.4.